The Bertz CT molecular complexity index is 467. The summed E-state index contributed by atoms with van der Waals surface area (Å²) in [4.78, 5) is 17.6. The van der Waals surface area contributed by atoms with Crippen molar-refractivity contribution in [2.24, 2.45) is 5.92 Å². The molecule has 1 aliphatic rings. The third kappa shape index (κ3) is 2.92. The summed E-state index contributed by atoms with van der Waals surface area (Å²) < 4.78 is 12.9. The molecule has 19 heavy (non-hydrogen) atoms. The van der Waals surface area contributed by atoms with E-state index in [0.29, 0.717) is 18.8 Å². The summed E-state index contributed by atoms with van der Waals surface area (Å²) in [7, 11) is 0. The Balaban J connectivity index is 2.27. The Morgan fingerprint density at radius 3 is 2.58 bits per heavy atom. The van der Waals surface area contributed by atoms with Gasteiger partial charge in [-0.1, -0.05) is 0 Å². The van der Waals surface area contributed by atoms with Gasteiger partial charge in [0.1, 0.15) is 5.82 Å². The zero-order valence-corrected chi connectivity index (χ0v) is 11.4. The summed E-state index contributed by atoms with van der Waals surface area (Å²) in [5.74, 6) is -1.89. The van der Waals surface area contributed by atoms with Crippen LogP contribution >= 0.6 is 0 Å². The smallest absolute Gasteiger partial charge is 0.308 e. The van der Waals surface area contributed by atoms with Gasteiger partial charge in [-0.15, -0.1) is 0 Å². The Morgan fingerprint density at radius 1 is 1.42 bits per heavy atom. The quantitative estimate of drug-likeness (QED) is 0.891. The van der Waals surface area contributed by atoms with Crippen LogP contribution in [0.15, 0.2) is 18.3 Å². The molecule has 5 heteroatoms. The Kier molecular flexibility index (Phi) is 3.58. The number of carboxylic acid groups (broad SMARTS) is 1. The first-order chi connectivity index (χ1) is 8.79. The number of likely N-dealkylation sites (tertiary alicyclic amines) is 1. The first-order valence-electron chi connectivity index (χ1n) is 6.38. The van der Waals surface area contributed by atoms with Crippen LogP contribution in [0.5, 0.6) is 0 Å². The van der Waals surface area contributed by atoms with Crippen molar-refractivity contribution in [2.75, 3.05) is 13.1 Å². The molecule has 2 rings (SSSR count). The van der Waals surface area contributed by atoms with Crippen LogP contribution in [0.25, 0.3) is 0 Å². The lowest BCUT2D eigenvalue weighted by Crippen LogP contribution is -2.40. The van der Waals surface area contributed by atoms with E-state index >= 15 is 0 Å². The number of carboxylic acids is 1. The summed E-state index contributed by atoms with van der Waals surface area (Å²) in [5.41, 5.74) is 0.572. The number of halogens is 1. The number of pyridine rings is 1. The van der Waals surface area contributed by atoms with Gasteiger partial charge < -0.3 is 5.11 Å². The van der Waals surface area contributed by atoms with E-state index in [1.54, 1.807) is 6.07 Å². The number of aliphatic carboxylic acids is 1. The second kappa shape index (κ2) is 4.89. The van der Waals surface area contributed by atoms with Crippen LogP contribution in [0.4, 0.5) is 4.39 Å². The predicted octanol–water partition coefficient (Wildman–Crippen LogP) is 2.12. The van der Waals surface area contributed by atoms with E-state index in [-0.39, 0.29) is 11.5 Å². The highest BCUT2D eigenvalue weighted by Crippen LogP contribution is 2.35. The number of hydrogen-bond acceptors (Lipinski definition) is 3. The number of rotatable bonds is 2. The molecule has 2 atom stereocenters. The SMILES string of the molecule is CC(C)(C)N1C[C@H](C(=O)O)[C@@H](c2ccc(F)cn2)C1. The van der Waals surface area contributed by atoms with Crippen molar-refractivity contribution in [3.05, 3.63) is 29.8 Å². The molecule has 1 aliphatic heterocycles. The van der Waals surface area contributed by atoms with Crippen LogP contribution in [0.3, 0.4) is 0 Å². The van der Waals surface area contributed by atoms with Crippen molar-refractivity contribution in [1.82, 2.24) is 9.88 Å². The third-order valence-corrected chi connectivity index (χ3v) is 3.72. The van der Waals surface area contributed by atoms with Gasteiger partial charge in [-0.25, -0.2) is 4.39 Å². The van der Waals surface area contributed by atoms with Crippen LogP contribution < -0.4 is 0 Å². The van der Waals surface area contributed by atoms with E-state index in [2.05, 4.69) is 30.7 Å². The molecule has 0 aromatic carbocycles. The maximum atomic E-state index is 12.9. The molecule has 4 nitrogen and oxygen atoms in total. The molecule has 0 aliphatic carbocycles. The predicted molar refractivity (Wildman–Crippen MR) is 69.4 cm³/mol. The van der Waals surface area contributed by atoms with Gasteiger partial charge in [0.2, 0.25) is 0 Å². The molecular weight excluding hydrogens is 247 g/mol. The van der Waals surface area contributed by atoms with Gasteiger partial charge in [0, 0.05) is 30.2 Å². The first-order valence-corrected chi connectivity index (χ1v) is 6.38. The third-order valence-electron chi connectivity index (χ3n) is 3.72. The maximum absolute atomic E-state index is 12.9. The van der Waals surface area contributed by atoms with Gasteiger partial charge in [-0.05, 0) is 32.9 Å². The molecule has 0 radical (unpaired) electrons. The number of hydrogen-bond donors (Lipinski definition) is 1. The van der Waals surface area contributed by atoms with Crippen LogP contribution in [0.1, 0.15) is 32.4 Å². The minimum atomic E-state index is -0.817. The summed E-state index contributed by atoms with van der Waals surface area (Å²) in [6.45, 7) is 7.33. The van der Waals surface area contributed by atoms with E-state index in [9.17, 15) is 14.3 Å². The van der Waals surface area contributed by atoms with Crippen LogP contribution in [0.2, 0.25) is 0 Å². The molecule has 0 unspecified atom stereocenters. The van der Waals surface area contributed by atoms with Crippen molar-refractivity contribution in [2.45, 2.75) is 32.2 Å². The van der Waals surface area contributed by atoms with E-state index in [1.165, 1.54) is 6.07 Å². The summed E-state index contributed by atoms with van der Waals surface area (Å²) in [6, 6.07) is 2.92. The van der Waals surface area contributed by atoms with Gasteiger partial charge in [0.05, 0.1) is 12.1 Å². The van der Waals surface area contributed by atoms with Crippen molar-refractivity contribution < 1.29 is 14.3 Å². The minimum absolute atomic E-state index is 0.0809. The monoisotopic (exact) mass is 266 g/mol. The lowest BCUT2D eigenvalue weighted by atomic mass is 9.92. The summed E-state index contributed by atoms with van der Waals surface area (Å²) >= 11 is 0. The highest BCUT2D eigenvalue weighted by Gasteiger charge is 2.42. The summed E-state index contributed by atoms with van der Waals surface area (Å²) in [5, 5.41) is 9.35. The lowest BCUT2D eigenvalue weighted by molar-refractivity contribution is -0.141. The molecule has 2 heterocycles. The minimum Gasteiger partial charge on any atom is -0.481 e. The molecule has 104 valence electrons. The highest BCUT2D eigenvalue weighted by molar-refractivity contribution is 5.72. The van der Waals surface area contributed by atoms with Crippen molar-refractivity contribution in [3.8, 4) is 0 Å². The van der Waals surface area contributed by atoms with Crippen molar-refractivity contribution in [3.63, 3.8) is 0 Å². The average molecular weight is 266 g/mol. The summed E-state index contributed by atoms with van der Waals surface area (Å²) in [6.07, 6.45) is 1.15. The fourth-order valence-corrected chi connectivity index (χ4v) is 2.51. The molecule has 0 bridgehead atoms. The molecule has 1 saturated heterocycles. The fraction of sp³-hybridized carbons (Fsp3) is 0.571. The van der Waals surface area contributed by atoms with Crippen LogP contribution in [-0.4, -0.2) is 39.6 Å². The van der Waals surface area contributed by atoms with E-state index in [0.717, 1.165) is 6.20 Å². The largest absolute Gasteiger partial charge is 0.481 e. The number of carbonyl (C=O) groups is 1. The van der Waals surface area contributed by atoms with E-state index in [1.807, 2.05) is 0 Å². The Labute approximate surface area is 112 Å². The van der Waals surface area contributed by atoms with Gasteiger partial charge in [0.15, 0.2) is 0 Å². The molecule has 1 aromatic heterocycles. The Morgan fingerprint density at radius 2 is 2.11 bits per heavy atom. The van der Waals surface area contributed by atoms with E-state index in [4.69, 9.17) is 0 Å². The molecule has 1 N–H and O–H groups in total. The van der Waals surface area contributed by atoms with Crippen molar-refractivity contribution >= 4 is 5.97 Å². The second-order valence-corrected chi connectivity index (χ2v) is 6.03. The van der Waals surface area contributed by atoms with Crippen LogP contribution in [-0.2, 0) is 4.79 Å². The molecular formula is C14H19FN2O2. The van der Waals surface area contributed by atoms with Gasteiger partial charge in [0.25, 0.3) is 0 Å². The molecule has 1 fully saturated rings. The lowest BCUT2D eigenvalue weighted by Gasteiger charge is -2.31. The van der Waals surface area contributed by atoms with Gasteiger partial charge >= 0.3 is 5.97 Å². The molecule has 1 aromatic rings. The normalized spacial score (nSPS) is 24.6. The first kappa shape index (κ1) is 13.9. The second-order valence-electron chi connectivity index (χ2n) is 6.03. The van der Waals surface area contributed by atoms with Crippen LogP contribution in [0, 0.1) is 11.7 Å². The highest BCUT2D eigenvalue weighted by atomic mass is 19.1. The van der Waals surface area contributed by atoms with Gasteiger partial charge in [-0.2, -0.15) is 0 Å². The zero-order valence-electron chi connectivity index (χ0n) is 11.4. The topological polar surface area (TPSA) is 53.4 Å². The zero-order chi connectivity index (χ0) is 14.2. The van der Waals surface area contributed by atoms with Crippen molar-refractivity contribution in [1.29, 1.82) is 0 Å². The number of nitrogens with zero attached hydrogens (tertiary/aromatic N) is 2. The molecule has 0 spiro atoms. The number of aromatic nitrogens is 1. The Hall–Kier alpha value is -1.49. The molecule has 0 saturated carbocycles. The average Bonchev–Trinajstić information content (AvgIpc) is 2.74. The standard InChI is InChI=1S/C14H19FN2O2/c1-14(2,3)17-7-10(11(8-17)13(18)19)12-5-4-9(15)6-16-12/h4-6,10-11H,7-8H2,1-3H3,(H,18,19)/t10-,11-/m0/s1. The van der Waals surface area contributed by atoms with E-state index < -0.39 is 17.7 Å². The molecule has 0 amide bonds. The van der Waals surface area contributed by atoms with Gasteiger partial charge in [-0.3, -0.25) is 14.7 Å². The maximum Gasteiger partial charge on any atom is 0.308 e. The fourth-order valence-electron chi connectivity index (χ4n) is 2.51.